The molecule has 1 aromatic carbocycles. The molecule has 1 aliphatic rings. The van der Waals surface area contributed by atoms with Crippen molar-refractivity contribution >= 4 is 25.8 Å². The number of nitrogens with one attached hydrogen (secondary N) is 1. The van der Waals surface area contributed by atoms with Crippen LogP contribution in [0.3, 0.4) is 0 Å². The first-order valence-corrected chi connectivity index (χ1v) is 8.87. The van der Waals surface area contributed by atoms with Crippen LogP contribution in [0.4, 0.5) is 4.39 Å². The molecule has 0 aliphatic carbocycles. The van der Waals surface area contributed by atoms with Crippen molar-refractivity contribution in [2.75, 3.05) is 18.1 Å². The Kier molecular flexibility index (Phi) is 4.63. The van der Waals surface area contributed by atoms with E-state index in [1.165, 1.54) is 6.07 Å². The molecule has 1 fully saturated rings. The van der Waals surface area contributed by atoms with Gasteiger partial charge >= 0.3 is 0 Å². The zero-order valence-electron chi connectivity index (χ0n) is 10.7. The summed E-state index contributed by atoms with van der Waals surface area (Å²) in [7, 11) is -2.82. The van der Waals surface area contributed by atoms with Gasteiger partial charge in [-0.3, -0.25) is 0 Å². The van der Waals surface area contributed by atoms with E-state index >= 15 is 0 Å². The van der Waals surface area contributed by atoms with Gasteiger partial charge in [0.15, 0.2) is 9.84 Å². The van der Waals surface area contributed by atoms with E-state index in [0.717, 1.165) is 12.0 Å². The van der Waals surface area contributed by atoms with Crippen LogP contribution in [0, 0.1) is 11.7 Å². The van der Waals surface area contributed by atoms with E-state index in [1.54, 1.807) is 12.1 Å². The standard InChI is InChI=1S/C13H17BrFNO2S/c1-9(11-2-3-13(15)12(14)6-11)16-7-10-4-5-19(17,18)8-10/h2-3,6,9-10,16H,4-5,7-8H2,1H3. The van der Waals surface area contributed by atoms with E-state index in [1.807, 2.05) is 6.92 Å². The maximum absolute atomic E-state index is 13.1. The number of hydrogen-bond donors (Lipinski definition) is 1. The highest BCUT2D eigenvalue weighted by Gasteiger charge is 2.27. The molecule has 1 aromatic rings. The van der Waals surface area contributed by atoms with Crippen LogP contribution in [0.5, 0.6) is 0 Å². The molecule has 6 heteroatoms. The van der Waals surface area contributed by atoms with Crippen molar-refractivity contribution in [2.45, 2.75) is 19.4 Å². The Morgan fingerprint density at radius 1 is 1.53 bits per heavy atom. The van der Waals surface area contributed by atoms with E-state index in [4.69, 9.17) is 0 Å². The van der Waals surface area contributed by atoms with Crippen molar-refractivity contribution in [1.82, 2.24) is 5.32 Å². The topological polar surface area (TPSA) is 46.2 Å². The smallest absolute Gasteiger partial charge is 0.150 e. The Morgan fingerprint density at radius 3 is 2.84 bits per heavy atom. The molecule has 1 heterocycles. The first-order valence-electron chi connectivity index (χ1n) is 6.26. The molecular formula is C13H17BrFNO2S. The van der Waals surface area contributed by atoms with Gasteiger partial charge in [-0.1, -0.05) is 6.07 Å². The fourth-order valence-electron chi connectivity index (χ4n) is 2.28. The largest absolute Gasteiger partial charge is 0.310 e. The summed E-state index contributed by atoms with van der Waals surface area (Å²) in [5, 5.41) is 3.32. The lowest BCUT2D eigenvalue weighted by atomic mass is 10.1. The molecule has 1 saturated heterocycles. The van der Waals surface area contributed by atoms with Crippen LogP contribution < -0.4 is 5.32 Å². The zero-order valence-corrected chi connectivity index (χ0v) is 13.1. The summed E-state index contributed by atoms with van der Waals surface area (Å²) >= 11 is 3.16. The van der Waals surface area contributed by atoms with Crippen molar-refractivity contribution in [2.24, 2.45) is 5.92 Å². The average molecular weight is 350 g/mol. The predicted octanol–water partition coefficient (Wildman–Crippen LogP) is 2.67. The summed E-state index contributed by atoms with van der Waals surface area (Å²) < 4.78 is 36.3. The number of rotatable bonds is 4. The van der Waals surface area contributed by atoms with Crippen molar-refractivity contribution in [1.29, 1.82) is 0 Å². The highest BCUT2D eigenvalue weighted by atomic mass is 79.9. The van der Waals surface area contributed by atoms with Gasteiger partial charge in [0.25, 0.3) is 0 Å². The van der Waals surface area contributed by atoms with Crippen LogP contribution >= 0.6 is 15.9 Å². The summed E-state index contributed by atoms with van der Waals surface area (Å²) in [6, 6.07) is 4.99. The Labute approximate surface area is 121 Å². The highest BCUT2D eigenvalue weighted by Crippen LogP contribution is 2.22. The molecular weight excluding hydrogens is 333 g/mol. The molecule has 3 nitrogen and oxygen atoms in total. The summed E-state index contributed by atoms with van der Waals surface area (Å²) in [6.07, 6.45) is 0.731. The van der Waals surface area contributed by atoms with Gasteiger partial charge in [-0.05, 0) is 59.4 Å². The predicted molar refractivity (Wildman–Crippen MR) is 77.3 cm³/mol. The maximum Gasteiger partial charge on any atom is 0.150 e. The van der Waals surface area contributed by atoms with Gasteiger partial charge in [0.05, 0.1) is 16.0 Å². The minimum Gasteiger partial charge on any atom is -0.310 e. The monoisotopic (exact) mass is 349 g/mol. The van der Waals surface area contributed by atoms with E-state index in [2.05, 4.69) is 21.2 Å². The number of benzene rings is 1. The molecule has 0 bridgehead atoms. The Bertz CT molecular complexity index is 562. The fraction of sp³-hybridized carbons (Fsp3) is 0.538. The van der Waals surface area contributed by atoms with Gasteiger partial charge in [-0.15, -0.1) is 0 Å². The van der Waals surface area contributed by atoms with Gasteiger partial charge in [0.1, 0.15) is 5.82 Å². The molecule has 0 saturated carbocycles. The lowest BCUT2D eigenvalue weighted by molar-refractivity contribution is 0.475. The normalized spacial score (nSPS) is 23.4. The lowest BCUT2D eigenvalue weighted by Gasteiger charge is -2.17. The molecule has 106 valence electrons. The minimum absolute atomic E-state index is 0.0696. The first kappa shape index (κ1) is 14.9. The van der Waals surface area contributed by atoms with Gasteiger partial charge < -0.3 is 5.32 Å². The SMILES string of the molecule is CC(NCC1CCS(=O)(=O)C1)c1ccc(F)c(Br)c1. The molecule has 2 rings (SSSR count). The van der Waals surface area contributed by atoms with Gasteiger partial charge in [0, 0.05) is 6.04 Å². The molecule has 0 amide bonds. The van der Waals surface area contributed by atoms with Gasteiger partial charge in [-0.2, -0.15) is 0 Å². The molecule has 0 aromatic heterocycles. The van der Waals surface area contributed by atoms with E-state index in [9.17, 15) is 12.8 Å². The van der Waals surface area contributed by atoms with Crippen LogP contribution in [-0.4, -0.2) is 26.5 Å². The summed E-state index contributed by atoms with van der Waals surface area (Å²) in [6.45, 7) is 2.67. The highest BCUT2D eigenvalue weighted by molar-refractivity contribution is 9.10. The van der Waals surface area contributed by atoms with Crippen LogP contribution in [0.1, 0.15) is 24.9 Å². The van der Waals surface area contributed by atoms with E-state index in [0.29, 0.717) is 16.8 Å². The Balaban J connectivity index is 1.91. The summed E-state index contributed by atoms with van der Waals surface area (Å²) in [5.41, 5.74) is 0.981. The molecule has 1 N–H and O–H groups in total. The quantitative estimate of drug-likeness (QED) is 0.908. The van der Waals surface area contributed by atoms with Crippen LogP contribution in [0.15, 0.2) is 22.7 Å². The molecule has 2 unspecified atom stereocenters. The fourth-order valence-corrected chi connectivity index (χ4v) is 4.53. The van der Waals surface area contributed by atoms with Crippen molar-refractivity contribution < 1.29 is 12.8 Å². The average Bonchev–Trinajstić information content (AvgIpc) is 2.69. The van der Waals surface area contributed by atoms with Crippen molar-refractivity contribution in [3.8, 4) is 0 Å². The lowest BCUT2D eigenvalue weighted by Crippen LogP contribution is -2.26. The summed E-state index contributed by atoms with van der Waals surface area (Å²) in [5.74, 6) is 0.490. The van der Waals surface area contributed by atoms with Crippen LogP contribution in [-0.2, 0) is 9.84 Å². The second-order valence-corrected chi connectivity index (χ2v) is 8.16. The molecule has 1 aliphatic heterocycles. The second kappa shape index (κ2) is 5.89. The van der Waals surface area contributed by atoms with Crippen molar-refractivity contribution in [3.63, 3.8) is 0 Å². The molecule has 0 radical (unpaired) electrons. The van der Waals surface area contributed by atoms with Crippen molar-refractivity contribution in [3.05, 3.63) is 34.1 Å². The molecule has 0 spiro atoms. The maximum atomic E-state index is 13.1. The third kappa shape index (κ3) is 4.00. The number of sulfone groups is 1. The zero-order chi connectivity index (χ0) is 14.0. The third-order valence-corrected chi connectivity index (χ3v) is 5.93. The number of hydrogen-bond acceptors (Lipinski definition) is 3. The first-order chi connectivity index (χ1) is 8.87. The third-order valence-electron chi connectivity index (χ3n) is 3.48. The van der Waals surface area contributed by atoms with Crippen LogP contribution in [0.2, 0.25) is 0 Å². The summed E-state index contributed by atoms with van der Waals surface area (Å²) in [4.78, 5) is 0. The minimum atomic E-state index is -2.82. The van der Waals surface area contributed by atoms with Gasteiger partial charge in [-0.25, -0.2) is 12.8 Å². The molecule has 19 heavy (non-hydrogen) atoms. The van der Waals surface area contributed by atoms with E-state index in [-0.39, 0.29) is 23.5 Å². The molecule has 2 atom stereocenters. The Morgan fingerprint density at radius 2 is 2.26 bits per heavy atom. The number of halogens is 2. The van der Waals surface area contributed by atoms with Gasteiger partial charge in [0.2, 0.25) is 0 Å². The van der Waals surface area contributed by atoms with E-state index < -0.39 is 9.84 Å². The van der Waals surface area contributed by atoms with Crippen LogP contribution in [0.25, 0.3) is 0 Å². The second-order valence-electron chi connectivity index (χ2n) is 5.07. The Hall–Kier alpha value is -0.460.